The Kier molecular flexibility index (Phi) is 4.65. The van der Waals surface area contributed by atoms with Crippen LogP contribution in [-0.4, -0.2) is 39.8 Å². The molecule has 0 unspecified atom stereocenters. The van der Waals surface area contributed by atoms with E-state index >= 15 is 0 Å². The van der Waals surface area contributed by atoms with Gasteiger partial charge in [0.15, 0.2) is 5.13 Å². The molecule has 2 heterocycles. The van der Waals surface area contributed by atoms with Crippen molar-refractivity contribution in [2.75, 3.05) is 11.9 Å². The normalized spacial score (nSPS) is 18.6. The van der Waals surface area contributed by atoms with Crippen LogP contribution in [0.2, 0.25) is 0 Å². The molecule has 1 saturated carbocycles. The zero-order valence-electron chi connectivity index (χ0n) is 14.7. The maximum absolute atomic E-state index is 12.7. The molecule has 1 aromatic heterocycles. The number of thiazole rings is 1. The predicted octanol–water partition coefficient (Wildman–Crippen LogP) is 3.00. The minimum Gasteiger partial charge on any atom is -0.323 e. The van der Waals surface area contributed by atoms with Crippen molar-refractivity contribution in [2.45, 2.75) is 37.6 Å². The molecule has 140 valence electrons. The second-order valence-corrected chi connectivity index (χ2v) is 7.77. The largest absolute Gasteiger partial charge is 0.325 e. The van der Waals surface area contributed by atoms with Crippen LogP contribution in [0.5, 0.6) is 0 Å². The zero-order chi connectivity index (χ0) is 18.9. The lowest BCUT2D eigenvalue weighted by molar-refractivity contribution is -0.134. The fourth-order valence-corrected chi connectivity index (χ4v) is 4.42. The van der Waals surface area contributed by atoms with E-state index in [0.717, 1.165) is 35.4 Å². The highest BCUT2D eigenvalue weighted by Gasteiger charge is 2.51. The summed E-state index contributed by atoms with van der Waals surface area (Å²) >= 11 is 1.31. The Hall–Kier alpha value is -2.74. The van der Waals surface area contributed by atoms with Crippen LogP contribution in [0, 0.1) is 0 Å². The molecule has 2 aliphatic rings. The number of amides is 4. The van der Waals surface area contributed by atoms with E-state index in [1.807, 2.05) is 35.7 Å². The monoisotopic (exact) mass is 384 g/mol. The molecule has 27 heavy (non-hydrogen) atoms. The Morgan fingerprint density at radius 2 is 1.93 bits per heavy atom. The van der Waals surface area contributed by atoms with Crippen LogP contribution < -0.4 is 10.6 Å². The average Bonchev–Trinajstić information content (AvgIpc) is 3.22. The number of aromatic nitrogens is 1. The molecule has 7 nitrogen and oxygen atoms in total. The number of rotatable bonds is 4. The lowest BCUT2D eigenvalue weighted by atomic mass is 9.82. The lowest BCUT2D eigenvalue weighted by Crippen LogP contribution is -2.48. The van der Waals surface area contributed by atoms with Gasteiger partial charge in [0, 0.05) is 10.9 Å². The second kappa shape index (κ2) is 7.11. The molecule has 2 N–H and O–H groups in total. The van der Waals surface area contributed by atoms with Crippen LogP contribution in [0.3, 0.4) is 0 Å². The Balaban J connectivity index is 1.40. The predicted molar refractivity (Wildman–Crippen MR) is 102 cm³/mol. The first-order valence-corrected chi connectivity index (χ1v) is 9.90. The van der Waals surface area contributed by atoms with E-state index in [2.05, 4.69) is 15.6 Å². The smallest absolute Gasteiger partial charge is 0.323 e. The minimum atomic E-state index is -0.808. The first kappa shape index (κ1) is 17.7. The molecular formula is C19H20N4O3S. The maximum Gasteiger partial charge on any atom is 0.325 e. The van der Waals surface area contributed by atoms with Crippen molar-refractivity contribution in [3.63, 3.8) is 0 Å². The van der Waals surface area contributed by atoms with Crippen LogP contribution in [0.1, 0.15) is 32.1 Å². The molecule has 1 saturated heterocycles. The van der Waals surface area contributed by atoms with Gasteiger partial charge in [-0.3, -0.25) is 14.5 Å². The molecule has 2 aromatic rings. The Labute approximate surface area is 160 Å². The summed E-state index contributed by atoms with van der Waals surface area (Å²) in [6, 6.07) is 9.17. The first-order chi connectivity index (χ1) is 13.1. The summed E-state index contributed by atoms with van der Waals surface area (Å²) < 4.78 is 0. The van der Waals surface area contributed by atoms with Crippen molar-refractivity contribution < 1.29 is 14.4 Å². The highest BCUT2D eigenvalue weighted by molar-refractivity contribution is 7.14. The van der Waals surface area contributed by atoms with E-state index in [-0.39, 0.29) is 12.5 Å². The van der Waals surface area contributed by atoms with E-state index in [9.17, 15) is 14.4 Å². The van der Waals surface area contributed by atoms with Crippen molar-refractivity contribution in [2.24, 2.45) is 0 Å². The van der Waals surface area contributed by atoms with Crippen molar-refractivity contribution in [1.82, 2.24) is 15.2 Å². The molecule has 0 atom stereocenters. The SMILES string of the molecule is O=C(CN1C(=O)NC2(CCCCC2)C1=O)Nc1nc(-c2ccccc2)cs1. The van der Waals surface area contributed by atoms with Crippen LogP contribution in [-0.2, 0) is 9.59 Å². The topological polar surface area (TPSA) is 91.4 Å². The number of carbonyl (C=O) groups excluding carboxylic acids is 3. The molecule has 2 fully saturated rings. The average molecular weight is 384 g/mol. The van der Waals surface area contributed by atoms with Crippen molar-refractivity contribution in [3.05, 3.63) is 35.7 Å². The standard InChI is InChI=1S/C19H20N4O3S/c24-15(21-17-20-14(12-27-17)13-7-3-1-4-8-13)11-23-16(25)19(22-18(23)26)9-5-2-6-10-19/h1,3-4,7-8,12H,2,5-6,9-11H2,(H,22,26)(H,20,21,24). The third kappa shape index (κ3) is 3.44. The van der Waals surface area contributed by atoms with Gasteiger partial charge in [0.05, 0.1) is 5.69 Å². The molecular weight excluding hydrogens is 364 g/mol. The maximum atomic E-state index is 12.7. The zero-order valence-corrected chi connectivity index (χ0v) is 15.6. The van der Waals surface area contributed by atoms with Gasteiger partial charge in [-0.2, -0.15) is 0 Å². The molecule has 4 rings (SSSR count). The first-order valence-electron chi connectivity index (χ1n) is 9.02. The van der Waals surface area contributed by atoms with Gasteiger partial charge in [0.25, 0.3) is 5.91 Å². The summed E-state index contributed by atoms with van der Waals surface area (Å²) in [7, 11) is 0. The van der Waals surface area contributed by atoms with E-state index in [0.29, 0.717) is 18.0 Å². The lowest BCUT2D eigenvalue weighted by Gasteiger charge is -2.30. The number of urea groups is 1. The summed E-state index contributed by atoms with van der Waals surface area (Å²) in [6.07, 6.45) is 4.17. The number of imide groups is 1. The molecule has 1 aliphatic carbocycles. The van der Waals surface area contributed by atoms with Gasteiger partial charge >= 0.3 is 6.03 Å². The molecule has 1 aromatic carbocycles. The van der Waals surface area contributed by atoms with E-state index in [1.54, 1.807) is 0 Å². The third-order valence-corrected chi connectivity index (χ3v) is 5.83. The fourth-order valence-electron chi connectivity index (χ4n) is 3.69. The quantitative estimate of drug-likeness (QED) is 0.793. The molecule has 4 amide bonds. The van der Waals surface area contributed by atoms with Crippen LogP contribution in [0.15, 0.2) is 35.7 Å². The highest BCUT2D eigenvalue weighted by Crippen LogP contribution is 2.33. The number of hydrogen-bond donors (Lipinski definition) is 2. The Morgan fingerprint density at radius 3 is 2.67 bits per heavy atom. The minimum absolute atomic E-state index is 0.286. The molecule has 0 radical (unpaired) electrons. The third-order valence-electron chi connectivity index (χ3n) is 5.07. The summed E-state index contributed by atoms with van der Waals surface area (Å²) in [5, 5.41) is 7.79. The molecule has 0 bridgehead atoms. The van der Waals surface area contributed by atoms with Gasteiger partial charge in [0.1, 0.15) is 12.1 Å². The fraction of sp³-hybridized carbons (Fsp3) is 0.368. The Morgan fingerprint density at radius 1 is 1.19 bits per heavy atom. The van der Waals surface area contributed by atoms with Gasteiger partial charge in [0.2, 0.25) is 5.91 Å². The number of hydrogen-bond acceptors (Lipinski definition) is 5. The number of anilines is 1. The molecule has 8 heteroatoms. The highest BCUT2D eigenvalue weighted by atomic mass is 32.1. The van der Waals surface area contributed by atoms with Crippen LogP contribution in [0.4, 0.5) is 9.93 Å². The van der Waals surface area contributed by atoms with Crippen molar-refractivity contribution in [3.8, 4) is 11.3 Å². The van der Waals surface area contributed by atoms with E-state index in [1.165, 1.54) is 11.3 Å². The van der Waals surface area contributed by atoms with Gasteiger partial charge in [-0.15, -0.1) is 11.3 Å². The number of nitrogens with one attached hydrogen (secondary N) is 2. The van der Waals surface area contributed by atoms with Gasteiger partial charge in [-0.05, 0) is 12.8 Å². The number of carbonyl (C=O) groups is 3. The summed E-state index contributed by atoms with van der Waals surface area (Å²) in [4.78, 5) is 42.7. The van der Waals surface area contributed by atoms with Crippen LogP contribution in [0.25, 0.3) is 11.3 Å². The Bertz CT molecular complexity index is 874. The van der Waals surface area contributed by atoms with E-state index < -0.39 is 17.5 Å². The second-order valence-electron chi connectivity index (χ2n) is 6.92. The van der Waals surface area contributed by atoms with E-state index in [4.69, 9.17) is 0 Å². The van der Waals surface area contributed by atoms with Gasteiger partial charge in [-0.25, -0.2) is 9.78 Å². The van der Waals surface area contributed by atoms with Crippen molar-refractivity contribution >= 4 is 34.3 Å². The number of nitrogens with zero attached hydrogens (tertiary/aromatic N) is 2. The van der Waals surface area contributed by atoms with Crippen LogP contribution >= 0.6 is 11.3 Å². The molecule has 1 aliphatic heterocycles. The summed E-state index contributed by atoms with van der Waals surface area (Å²) in [6.45, 7) is -0.299. The van der Waals surface area contributed by atoms with Crippen molar-refractivity contribution in [1.29, 1.82) is 0 Å². The van der Waals surface area contributed by atoms with Gasteiger partial charge < -0.3 is 10.6 Å². The summed E-state index contributed by atoms with van der Waals surface area (Å²) in [5.41, 5.74) is 0.923. The molecule has 1 spiro atoms. The number of benzene rings is 1. The summed E-state index contributed by atoms with van der Waals surface area (Å²) in [5.74, 6) is -0.716. The van der Waals surface area contributed by atoms with Gasteiger partial charge in [-0.1, -0.05) is 49.6 Å².